The average molecular weight is 401 g/mol. The summed E-state index contributed by atoms with van der Waals surface area (Å²) in [6.45, 7) is 0. The summed E-state index contributed by atoms with van der Waals surface area (Å²) < 4.78 is 40.1. The zero-order valence-corrected chi connectivity index (χ0v) is 15.2. The van der Waals surface area contributed by atoms with Gasteiger partial charge in [0.2, 0.25) is 0 Å². The van der Waals surface area contributed by atoms with Gasteiger partial charge in [-0.3, -0.25) is 4.79 Å². The number of aromatic nitrogens is 3. The number of hydrogen-bond donors (Lipinski definition) is 2. The zero-order valence-electron chi connectivity index (χ0n) is 14.4. The molecular formula is C20H14F3N3OS. The second kappa shape index (κ2) is 7.20. The molecule has 2 heterocycles. The quantitative estimate of drug-likeness (QED) is 0.364. The maximum atomic E-state index is 13.4. The summed E-state index contributed by atoms with van der Waals surface area (Å²) in [5, 5.41) is 0.514. The molecule has 28 heavy (non-hydrogen) atoms. The number of H-pyrrole nitrogens is 2. The molecule has 142 valence electrons. The number of benzene rings is 2. The zero-order chi connectivity index (χ0) is 19.7. The van der Waals surface area contributed by atoms with E-state index in [0.29, 0.717) is 10.9 Å². The summed E-state index contributed by atoms with van der Waals surface area (Å²) in [7, 11) is 0. The van der Waals surface area contributed by atoms with Gasteiger partial charge in [-0.2, -0.15) is 13.2 Å². The Balaban J connectivity index is 1.73. The monoisotopic (exact) mass is 401 g/mol. The lowest BCUT2D eigenvalue weighted by Gasteiger charge is -2.11. The first-order valence-corrected chi connectivity index (χ1v) is 9.37. The van der Waals surface area contributed by atoms with Gasteiger partial charge in [0.15, 0.2) is 5.16 Å². The molecule has 0 aliphatic rings. The van der Waals surface area contributed by atoms with Crippen LogP contribution in [-0.2, 0) is 11.9 Å². The highest BCUT2D eigenvalue weighted by Crippen LogP contribution is 2.38. The van der Waals surface area contributed by atoms with Crippen molar-refractivity contribution in [3.05, 3.63) is 82.3 Å². The van der Waals surface area contributed by atoms with Crippen LogP contribution in [0.15, 0.2) is 70.7 Å². The maximum Gasteiger partial charge on any atom is 0.417 e. The third-order valence-electron chi connectivity index (χ3n) is 4.26. The Hall–Kier alpha value is -3.00. The predicted octanol–water partition coefficient (Wildman–Crippen LogP) is 5.23. The van der Waals surface area contributed by atoms with Crippen molar-refractivity contribution in [3.8, 4) is 11.1 Å². The van der Waals surface area contributed by atoms with E-state index in [0.717, 1.165) is 11.6 Å². The summed E-state index contributed by atoms with van der Waals surface area (Å²) in [4.78, 5) is 22.5. The van der Waals surface area contributed by atoms with E-state index in [9.17, 15) is 18.0 Å². The highest BCUT2D eigenvalue weighted by atomic mass is 32.2. The fourth-order valence-corrected chi connectivity index (χ4v) is 3.81. The van der Waals surface area contributed by atoms with E-state index < -0.39 is 17.3 Å². The molecule has 2 aromatic heterocycles. The van der Waals surface area contributed by atoms with E-state index in [-0.39, 0.29) is 22.2 Å². The molecular weight excluding hydrogens is 387 g/mol. The lowest BCUT2D eigenvalue weighted by Crippen LogP contribution is -2.10. The van der Waals surface area contributed by atoms with Crippen molar-refractivity contribution in [1.29, 1.82) is 0 Å². The second-order valence-corrected chi connectivity index (χ2v) is 7.08. The van der Waals surface area contributed by atoms with Gasteiger partial charge in [-0.25, -0.2) is 4.98 Å². The number of hydrogen-bond acceptors (Lipinski definition) is 3. The van der Waals surface area contributed by atoms with Crippen molar-refractivity contribution in [2.24, 2.45) is 0 Å². The molecule has 0 radical (unpaired) electrons. The molecule has 8 heteroatoms. The number of nitrogens with zero attached hydrogens (tertiary/aromatic N) is 1. The van der Waals surface area contributed by atoms with Crippen LogP contribution in [0.4, 0.5) is 13.2 Å². The van der Waals surface area contributed by atoms with E-state index in [4.69, 9.17) is 0 Å². The molecule has 0 aliphatic heterocycles. The molecule has 2 N–H and O–H groups in total. The SMILES string of the molecule is O=c1[nH]c(SCc2ccccc2)nc2[nH]cc(-c3ccccc3C(F)(F)F)c12. The molecule has 0 unspecified atom stereocenters. The first-order valence-electron chi connectivity index (χ1n) is 8.38. The molecule has 0 atom stereocenters. The summed E-state index contributed by atoms with van der Waals surface area (Å²) >= 11 is 1.35. The lowest BCUT2D eigenvalue weighted by atomic mass is 10.00. The minimum Gasteiger partial charge on any atom is -0.345 e. The van der Waals surface area contributed by atoms with Gasteiger partial charge in [0.05, 0.1) is 10.9 Å². The Morgan fingerprint density at radius 2 is 1.68 bits per heavy atom. The van der Waals surface area contributed by atoms with Crippen molar-refractivity contribution >= 4 is 22.8 Å². The highest BCUT2D eigenvalue weighted by Gasteiger charge is 2.34. The average Bonchev–Trinajstić information content (AvgIpc) is 3.11. The van der Waals surface area contributed by atoms with Crippen molar-refractivity contribution in [1.82, 2.24) is 15.0 Å². The van der Waals surface area contributed by atoms with Crippen LogP contribution in [-0.4, -0.2) is 15.0 Å². The van der Waals surface area contributed by atoms with Crippen LogP contribution in [0.1, 0.15) is 11.1 Å². The summed E-state index contributed by atoms with van der Waals surface area (Å²) in [5.74, 6) is 0.611. The molecule has 0 aliphatic carbocycles. The number of thioether (sulfide) groups is 1. The third-order valence-corrected chi connectivity index (χ3v) is 5.21. The number of alkyl halides is 3. The Bertz CT molecular complexity index is 1180. The topological polar surface area (TPSA) is 61.5 Å². The van der Waals surface area contributed by atoms with Crippen LogP contribution in [0, 0.1) is 0 Å². The van der Waals surface area contributed by atoms with E-state index in [1.54, 1.807) is 0 Å². The Morgan fingerprint density at radius 3 is 2.43 bits per heavy atom. The van der Waals surface area contributed by atoms with Crippen LogP contribution < -0.4 is 5.56 Å². The molecule has 0 amide bonds. The van der Waals surface area contributed by atoms with Gasteiger partial charge in [0, 0.05) is 17.5 Å². The van der Waals surface area contributed by atoms with Gasteiger partial charge in [-0.15, -0.1) is 0 Å². The number of nitrogens with one attached hydrogen (secondary N) is 2. The van der Waals surface area contributed by atoms with Gasteiger partial charge >= 0.3 is 6.18 Å². The van der Waals surface area contributed by atoms with Gasteiger partial charge in [0.25, 0.3) is 5.56 Å². The van der Waals surface area contributed by atoms with Crippen molar-refractivity contribution in [2.45, 2.75) is 17.1 Å². The highest BCUT2D eigenvalue weighted by molar-refractivity contribution is 7.98. The van der Waals surface area contributed by atoms with E-state index in [2.05, 4.69) is 15.0 Å². The van der Waals surface area contributed by atoms with Crippen LogP contribution >= 0.6 is 11.8 Å². The van der Waals surface area contributed by atoms with Gasteiger partial charge in [0.1, 0.15) is 5.65 Å². The molecule has 0 spiro atoms. The van der Waals surface area contributed by atoms with Gasteiger partial charge in [-0.1, -0.05) is 60.3 Å². The van der Waals surface area contributed by atoms with Crippen LogP contribution in [0.25, 0.3) is 22.2 Å². The fraction of sp³-hybridized carbons (Fsp3) is 0.100. The molecule has 2 aromatic carbocycles. The third kappa shape index (κ3) is 3.55. The first-order chi connectivity index (χ1) is 13.4. The normalized spacial score (nSPS) is 11.8. The Labute approximate surface area is 161 Å². The molecule has 0 fully saturated rings. The summed E-state index contributed by atoms with van der Waals surface area (Å²) in [6, 6.07) is 14.9. The van der Waals surface area contributed by atoms with Crippen LogP contribution in [0.2, 0.25) is 0 Å². The number of fused-ring (bicyclic) bond motifs is 1. The van der Waals surface area contributed by atoms with E-state index in [1.165, 1.54) is 36.2 Å². The van der Waals surface area contributed by atoms with E-state index in [1.807, 2.05) is 30.3 Å². The predicted molar refractivity (Wildman–Crippen MR) is 103 cm³/mol. The van der Waals surface area contributed by atoms with Gasteiger partial charge < -0.3 is 9.97 Å². The molecule has 0 bridgehead atoms. The summed E-state index contributed by atoms with van der Waals surface area (Å²) in [5.41, 5.74) is 0.175. The largest absolute Gasteiger partial charge is 0.417 e. The molecule has 0 saturated carbocycles. The Morgan fingerprint density at radius 1 is 0.964 bits per heavy atom. The number of rotatable bonds is 4. The molecule has 4 nitrogen and oxygen atoms in total. The maximum absolute atomic E-state index is 13.4. The number of aromatic amines is 2. The number of halogens is 3. The molecule has 4 rings (SSSR count). The van der Waals surface area contributed by atoms with E-state index >= 15 is 0 Å². The second-order valence-electron chi connectivity index (χ2n) is 6.11. The minimum absolute atomic E-state index is 0.0572. The van der Waals surface area contributed by atoms with Crippen molar-refractivity contribution in [2.75, 3.05) is 0 Å². The minimum atomic E-state index is -4.52. The lowest BCUT2D eigenvalue weighted by molar-refractivity contribution is -0.137. The van der Waals surface area contributed by atoms with Crippen LogP contribution in [0.5, 0.6) is 0 Å². The van der Waals surface area contributed by atoms with Crippen molar-refractivity contribution in [3.63, 3.8) is 0 Å². The molecule has 0 saturated heterocycles. The Kier molecular flexibility index (Phi) is 4.72. The standard InChI is InChI=1S/C20H14F3N3OS/c21-20(22,23)15-9-5-4-8-13(15)14-10-24-17-16(14)18(27)26-19(25-17)28-11-12-6-2-1-3-7-12/h1-10H,11H2,(H2,24,25,26,27). The molecule has 4 aromatic rings. The smallest absolute Gasteiger partial charge is 0.345 e. The van der Waals surface area contributed by atoms with Crippen molar-refractivity contribution < 1.29 is 13.2 Å². The van der Waals surface area contributed by atoms with Crippen LogP contribution in [0.3, 0.4) is 0 Å². The van der Waals surface area contributed by atoms with Gasteiger partial charge in [-0.05, 0) is 17.2 Å². The fourth-order valence-electron chi connectivity index (χ4n) is 2.99. The summed E-state index contributed by atoms with van der Waals surface area (Å²) in [6.07, 6.45) is -3.13. The first kappa shape index (κ1) is 18.4.